The Kier molecular flexibility index (Phi) is 5.88. The molecule has 6 heteroatoms. The lowest BCUT2D eigenvalue weighted by Gasteiger charge is -2.20. The Labute approximate surface area is 147 Å². The maximum Gasteiger partial charge on any atom is 0.0738 e. The first-order chi connectivity index (χ1) is 9.95. The zero-order valence-corrected chi connectivity index (χ0v) is 16.2. The standard InChI is InChI=1S/C15H18Br2ClN3/c1-4-19-12(10-6-5-7-11(16)15(10)18)8-13-14(17)9(2)20-21(13)3/h5-7,12,19H,4,8H2,1-3H3. The van der Waals surface area contributed by atoms with E-state index < -0.39 is 0 Å². The average Bonchev–Trinajstić information content (AvgIpc) is 2.68. The van der Waals surface area contributed by atoms with Gasteiger partial charge in [-0.25, -0.2) is 0 Å². The van der Waals surface area contributed by atoms with Gasteiger partial charge in [0.2, 0.25) is 0 Å². The van der Waals surface area contributed by atoms with Gasteiger partial charge >= 0.3 is 0 Å². The molecule has 0 aliphatic carbocycles. The highest BCUT2D eigenvalue weighted by molar-refractivity contribution is 9.10. The molecule has 0 saturated carbocycles. The number of aryl methyl sites for hydroxylation is 2. The van der Waals surface area contributed by atoms with E-state index in [0.29, 0.717) is 0 Å². The predicted molar refractivity (Wildman–Crippen MR) is 94.9 cm³/mol. The molecule has 0 saturated heterocycles. The molecule has 21 heavy (non-hydrogen) atoms. The number of aromatic nitrogens is 2. The SMILES string of the molecule is CCNC(Cc1c(Br)c(C)nn1C)c1cccc(Br)c1Cl. The van der Waals surface area contributed by atoms with Gasteiger partial charge in [0.15, 0.2) is 0 Å². The first kappa shape index (κ1) is 17.0. The first-order valence-electron chi connectivity index (χ1n) is 6.81. The molecule has 0 amide bonds. The van der Waals surface area contributed by atoms with Crippen molar-refractivity contribution in [1.29, 1.82) is 0 Å². The van der Waals surface area contributed by atoms with E-state index in [0.717, 1.165) is 43.9 Å². The van der Waals surface area contributed by atoms with Crippen molar-refractivity contribution < 1.29 is 0 Å². The third-order valence-corrected chi connectivity index (χ3v) is 5.81. The molecular formula is C15H18Br2ClN3. The molecule has 1 N–H and O–H groups in total. The van der Waals surface area contributed by atoms with E-state index in [-0.39, 0.29) is 6.04 Å². The molecule has 1 unspecified atom stereocenters. The molecule has 0 aliphatic rings. The molecule has 1 atom stereocenters. The zero-order valence-electron chi connectivity index (χ0n) is 12.3. The molecule has 1 aromatic carbocycles. The number of halogens is 3. The highest BCUT2D eigenvalue weighted by Gasteiger charge is 2.20. The van der Waals surface area contributed by atoms with Gasteiger partial charge in [-0.1, -0.05) is 30.7 Å². The normalized spacial score (nSPS) is 12.7. The van der Waals surface area contributed by atoms with Crippen molar-refractivity contribution in [3.05, 3.63) is 49.1 Å². The van der Waals surface area contributed by atoms with Gasteiger partial charge in [-0.05, 0) is 57.0 Å². The Morgan fingerprint density at radius 2 is 2.10 bits per heavy atom. The highest BCUT2D eigenvalue weighted by atomic mass is 79.9. The van der Waals surface area contributed by atoms with Gasteiger partial charge in [0.1, 0.15) is 0 Å². The second-order valence-corrected chi connectivity index (χ2v) is 6.95. The maximum atomic E-state index is 6.45. The molecule has 3 nitrogen and oxygen atoms in total. The minimum atomic E-state index is 0.145. The van der Waals surface area contributed by atoms with Gasteiger partial charge in [0.25, 0.3) is 0 Å². The monoisotopic (exact) mass is 433 g/mol. The van der Waals surface area contributed by atoms with E-state index in [9.17, 15) is 0 Å². The number of likely N-dealkylation sites (N-methyl/N-ethyl adjacent to an activating group) is 1. The summed E-state index contributed by atoms with van der Waals surface area (Å²) < 4.78 is 3.92. The topological polar surface area (TPSA) is 29.9 Å². The Morgan fingerprint density at radius 1 is 1.38 bits per heavy atom. The van der Waals surface area contributed by atoms with Crippen LogP contribution in [-0.2, 0) is 13.5 Å². The fourth-order valence-corrected chi connectivity index (χ4v) is 3.56. The number of hydrogen-bond donors (Lipinski definition) is 1. The Hall–Kier alpha value is -0.360. The predicted octanol–water partition coefficient (Wildman–Crippen LogP) is 4.80. The van der Waals surface area contributed by atoms with Crippen LogP contribution < -0.4 is 5.32 Å². The fourth-order valence-electron chi connectivity index (χ4n) is 2.42. The summed E-state index contributed by atoms with van der Waals surface area (Å²) in [7, 11) is 1.97. The van der Waals surface area contributed by atoms with Crippen LogP contribution in [0.5, 0.6) is 0 Å². The van der Waals surface area contributed by atoms with E-state index in [1.165, 1.54) is 0 Å². The summed E-state index contributed by atoms with van der Waals surface area (Å²) in [6, 6.07) is 6.18. The average molecular weight is 436 g/mol. The highest BCUT2D eigenvalue weighted by Crippen LogP contribution is 2.33. The summed E-state index contributed by atoms with van der Waals surface area (Å²) in [6.07, 6.45) is 0.821. The van der Waals surface area contributed by atoms with E-state index in [1.807, 2.05) is 30.8 Å². The molecule has 1 heterocycles. The zero-order chi connectivity index (χ0) is 15.6. The van der Waals surface area contributed by atoms with Crippen LogP contribution in [0.4, 0.5) is 0 Å². The largest absolute Gasteiger partial charge is 0.310 e. The number of hydrogen-bond acceptors (Lipinski definition) is 2. The van der Waals surface area contributed by atoms with Crippen LogP contribution in [0.1, 0.15) is 29.9 Å². The van der Waals surface area contributed by atoms with E-state index >= 15 is 0 Å². The Morgan fingerprint density at radius 3 is 2.67 bits per heavy atom. The lowest BCUT2D eigenvalue weighted by Crippen LogP contribution is -2.24. The van der Waals surface area contributed by atoms with Gasteiger partial charge in [0.05, 0.1) is 20.9 Å². The molecular weight excluding hydrogens is 417 g/mol. The lowest BCUT2D eigenvalue weighted by molar-refractivity contribution is 0.528. The Balaban J connectivity index is 2.38. The van der Waals surface area contributed by atoms with Crippen molar-refractivity contribution in [3.63, 3.8) is 0 Å². The molecule has 2 aromatic rings. The van der Waals surface area contributed by atoms with Gasteiger partial charge < -0.3 is 5.32 Å². The van der Waals surface area contributed by atoms with Crippen LogP contribution in [0.2, 0.25) is 5.02 Å². The van der Waals surface area contributed by atoms with Gasteiger partial charge in [-0.15, -0.1) is 0 Å². The van der Waals surface area contributed by atoms with Crippen LogP contribution in [-0.4, -0.2) is 16.3 Å². The summed E-state index contributed by atoms with van der Waals surface area (Å²) in [5.74, 6) is 0. The lowest BCUT2D eigenvalue weighted by atomic mass is 10.0. The first-order valence-corrected chi connectivity index (χ1v) is 8.77. The van der Waals surface area contributed by atoms with Crippen LogP contribution in [0.3, 0.4) is 0 Å². The number of nitrogens with zero attached hydrogens (tertiary/aromatic N) is 2. The summed E-state index contributed by atoms with van der Waals surface area (Å²) in [5.41, 5.74) is 3.26. The quantitative estimate of drug-likeness (QED) is 0.731. The van der Waals surface area contributed by atoms with Crippen LogP contribution >= 0.6 is 43.5 Å². The summed E-state index contributed by atoms with van der Waals surface area (Å²) in [6.45, 7) is 4.98. The van der Waals surface area contributed by atoms with Crippen LogP contribution in [0.25, 0.3) is 0 Å². The van der Waals surface area contributed by atoms with Crippen molar-refractivity contribution in [1.82, 2.24) is 15.1 Å². The molecule has 0 radical (unpaired) electrons. The number of nitrogens with one attached hydrogen (secondary N) is 1. The van der Waals surface area contributed by atoms with Gasteiger partial charge in [0, 0.05) is 24.0 Å². The molecule has 0 spiro atoms. The third kappa shape index (κ3) is 3.70. The van der Waals surface area contributed by atoms with Crippen molar-refractivity contribution >= 4 is 43.5 Å². The van der Waals surface area contributed by atoms with Crippen molar-refractivity contribution in [2.24, 2.45) is 7.05 Å². The van der Waals surface area contributed by atoms with Crippen molar-refractivity contribution in [2.75, 3.05) is 6.54 Å². The summed E-state index contributed by atoms with van der Waals surface area (Å²) in [5, 5.41) is 8.73. The number of benzene rings is 1. The van der Waals surface area contributed by atoms with Gasteiger partial charge in [-0.3, -0.25) is 4.68 Å². The number of rotatable bonds is 5. The van der Waals surface area contributed by atoms with Gasteiger partial charge in [-0.2, -0.15) is 5.10 Å². The molecule has 0 bridgehead atoms. The van der Waals surface area contributed by atoms with Crippen molar-refractivity contribution in [3.8, 4) is 0 Å². The minimum Gasteiger partial charge on any atom is -0.310 e. The molecule has 0 fully saturated rings. The maximum absolute atomic E-state index is 6.45. The van der Waals surface area contributed by atoms with Crippen molar-refractivity contribution in [2.45, 2.75) is 26.3 Å². The minimum absolute atomic E-state index is 0.145. The summed E-state index contributed by atoms with van der Waals surface area (Å²) in [4.78, 5) is 0. The van der Waals surface area contributed by atoms with E-state index in [2.05, 4.69) is 55.3 Å². The second kappa shape index (κ2) is 7.27. The fraction of sp³-hybridized carbons (Fsp3) is 0.400. The summed E-state index contributed by atoms with van der Waals surface area (Å²) >= 11 is 13.6. The molecule has 1 aromatic heterocycles. The third-order valence-electron chi connectivity index (χ3n) is 3.47. The molecule has 0 aliphatic heterocycles. The van der Waals surface area contributed by atoms with Crippen LogP contribution in [0, 0.1) is 6.92 Å². The Bertz CT molecular complexity index is 640. The molecule has 2 rings (SSSR count). The molecule has 114 valence electrons. The second-order valence-electron chi connectivity index (χ2n) is 4.93. The van der Waals surface area contributed by atoms with E-state index in [1.54, 1.807) is 0 Å². The van der Waals surface area contributed by atoms with E-state index in [4.69, 9.17) is 11.6 Å². The van der Waals surface area contributed by atoms with Crippen LogP contribution in [0.15, 0.2) is 27.1 Å². The smallest absolute Gasteiger partial charge is 0.0738 e.